The van der Waals surface area contributed by atoms with Gasteiger partial charge in [0, 0.05) is 11.8 Å². The number of hydrogen-bond acceptors (Lipinski definition) is 3. The summed E-state index contributed by atoms with van der Waals surface area (Å²) in [7, 11) is 0. The van der Waals surface area contributed by atoms with Crippen molar-refractivity contribution in [2.75, 3.05) is 17.7 Å². The molecule has 0 fully saturated rings. The molecular formula is C9H10N2O2. The summed E-state index contributed by atoms with van der Waals surface area (Å²) in [5.74, 6) is 0.513. The summed E-state index contributed by atoms with van der Waals surface area (Å²) in [5, 5.41) is 2.71. The zero-order chi connectivity index (χ0) is 9.42. The second-order valence-electron chi connectivity index (χ2n) is 3.04. The molecule has 3 N–H and O–H groups in total. The minimum Gasteiger partial charge on any atom is -0.482 e. The fraction of sp³-hybridized carbons (Fsp3) is 0.222. The Morgan fingerprint density at radius 3 is 3.08 bits per heavy atom. The van der Waals surface area contributed by atoms with Gasteiger partial charge in [0.2, 0.25) is 0 Å². The maximum atomic E-state index is 11.0. The van der Waals surface area contributed by atoms with Gasteiger partial charge in [-0.05, 0) is 18.6 Å². The van der Waals surface area contributed by atoms with E-state index < -0.39 is 0 Å². The van der Waals surface area contributed by atoms with Gasteiger partial charge in [-0.25, -0.2) is 0 Å². The van der Waals surface area contributed by atoms with E-state index >= 15 is 0 Å². The summed E-state index contributed by atoms with van der Waals surface area (Å²) >= 11 is 0. The molecule has 0 aromatic heterocycles. The molecule has 0 saturated heterocycles. The van der Waals surface area contributed by atoms with Crippen LogP contribution in [0.1, 0.15) is 5.56 Å². The van der Waals surface area contributed by atoms with E-state index in [1.165, 1.54) is 0 Å². The second kappa shape index (κ2) is 2.65. The highest BCUT2D eigenvalue weighted by atomic mass is 16.5. The average Bonchev–Trinajstić information content (AvgIpc) is 2.08. The Bertz CT molecular complexity index is 374. The van der Waals surface area contributed by atoms with Crippen molar-refractivity contribution < 1.29 is 9.53 Å². The number of aryl methyl sites for hydroxylation is 1. The zero-order valence-corrected chi connectivity index (χ0v) is 7.26. The molecule has 68 valence electrons. The maximum absolute atomic E-state index is 11.0. The Morgan fingerprint density at radius 1 is 1.54 bits per heavy atom. The van der Waals surface area contributed by atoms with Gasteiger partial charge in [0.05, 0.1) is 5.69 Å². The van der Waals surface area contributed by atoms with Gasteiger partial charge < -0.3 is 15.8 Å². The number of carbonyl (C=O) groups is 1. The third kappa shape index (κ3) is 1.30. The fourth-order valence-corrected chi connectivity index (χ4v) is 1.25. The number of amides is 1. The van der Waals surface area contributed by atoms with Gasteiger partial charge in [0.1, 0.15) is 5.75 Å². The molecule has 0 radical (unpaired) electrons. The molecule has 0 aliphatic carbocycles. The number of benzene rings is 1. The SMILES string of the molecule is Cc1cc2c(cc1N)OCC(=O)N2. The van der Waals surface area contributed by atoms with E-state index in [4.69, 9.17) is 10.5 Å². The monoisotopic (exact) mass is 178 g/mol. The van der Waals surface area contributed by atoms with Crippen LogP contribution >= 0.6 is 0 Å². The highest BCUT2D eigenvalue weighted by Gasteiger charge is 2.16. The van der Waals surface area contributed by atoms with Crippen LogP contribution in [-0.4, -0.2) is 12.5 Å². The molecule has 4 nitrogen and oxygen atoms in total. The van der Waals surface area contributed by atoms with E-state index in [2.05, 4.69) is 5.32 Å². The van der Waals surface area contributed by atoms with Crippen molar-refractivity contribution in [2.24, 2.45) is 0 Å². The first-order valence-corrected chi connectivity index (χ1v) is 3.99. The Balaban J connectivity index is 2.49. The van der Waals surface area contributed by atoms with Gasteiger partial charge in [-0.2, -0.15) is 0 Å². The fourth-order valence-electron chi connectivity index (χ4n) is 1.25. The van der Waals surface area contributed by atoms with Crippen LogP contribution in [0.25, 0.3) is 0 Å². The number of carbonyl (C=O) groups excluding carboxylic acids is 1. The number of rotatable bonds is 0. The summed E-state index contributed by atoms with van der Waals surface area (Å²) in [6.45, 7) is 1.95. The van der Waals surface area contributed by atoms with E-state index in [1.54, 1.807) is 6.07 Å². The van der Waals surface area contributed by atoms with E-state index in [9.17, 15) is 4.79 Å². The van der Waals surface area contributed by atoms with E-state index in [0.717, 1.165) is 5.56 Å². The van der Waals surface area contributed by atoms with Crippen molar-refractivity contribution in [1.82, 2.24) is 0 Å². The van der Waals surface area contributed by atoms with Crippen LogP contribution in [0.4, 0.5) is 11.4 Å². The van der Waals surface area contributed by atoms with Crippen molar-refractivity contribution in [3.05, 3.63) is 17.7 Å². The standard InChI is InChI=1S/C9H10N2O2/c1-5-2-7-8(3-6(5)10)13-4-9(12)11-7/h2-3H,4,10H2,1H3,(H,11,12). The smallest absolute Gasteiger partial charge is 0.262 e. The van der Waals surface area contributed by atoms with Gasteiger partial charge in [0.25, 0.3) is 5.91 Å². The van der Waals surface area contributed by atoms with E-state index in [0.29, 0.717) is 17.1 Å². The molecule has 1 aliphatic rings. The molecule has 1 aromatic rings. The molecule has 0 bridgehead atoms. The van der Waals surface area contributed by atoms with Crippen molar-refractivity contribution >= 4 is 17.3 Å². The summed E-state index contributed by atoms with van der Waals surface area (Å²) in [6.07, 6.45) is 0. The van der Waals surface area contributed by atoms with Gasteiger partial charge in [-0.15, -0.1) is 0 Å². The summed E-state index contributed by atoms with van der Waals surface area (Å²) in [6, 6.07) is 3.53. The van der Waals surface area contributed by atoms with Crippen LogP contribution < -0.4 is 15.8 Å². The largest absolute Gasteiger partial charge is 0.482 e. The number of nitrogens with one attached hydrogen (secondary N) is 1. The summed E-state index contributed by atoms with van der Waals surface area (Å²) < 4.78 is 5.18. The summed E-state index contributed by atoms with van der Waals surface area (Å²) in [4.78, 5) is 11.0. The van der Waals surface area contributed by atoms with E-state index in [1.807, 2.05) is 13.0 Å². The van der Waals surface area contributed by atoms with Crippen molar-refractivity contribution in [2.45, 2.75) is 6.92 Å². The minimum atomic E-state index is -0.128. The first-order chi connectivity index (χ1) is 6.16. The number of ether oxygens (including phenoxy) is 1. The number of anilines is 2. The van der Waals surface area contributed by atoms with Gasteiger partial charge in [-0.3, -0.25) is 4.79 Å². The predicted molar refractivity (Wildman–Crippen MR) is 49.7 cm³/mol. The first kappa shape index (κ1) is 7.91. The molecule has 4 heteroatoms. The quantitative estimate of drug-likeness (QED) is 0.580. The zero-order valence-electron chi connectivity index (χ0n) is 7.26. The molecule has 1 amide bonds. The normalized spacial score (nSPS) is 14.4. The van der Waals surface area contributed by atoms with Gasteiger partial charge in [0.15, 0.2) is 6.61 Å². The van der Waals surface area contributed by atoms with Gasteiger partial charge >= 0.3 is 0 Å². The molecule has 0 spiro atoms. The Hall–Kier alpha value is -1.71. The molecule has 1 aromatic carbocycles. The van der Waals surface area contributed by atoms with Crippen LogP contribution in [-0.2, 0) is 4.79 Å². The first-order valence-electron chi connectivity index (χ1n) is 3.99. The van der Waals surface area contributed by atoms with Crippen LogP contribution in [0, 0.1) is 6.92 Å². The van der Waals surface area contributed by atoms with Crippen LogP contribution in [0.15, 0.2) is 12.1 Å². The molecule has 1 aliphatic heterocycles. The number of nitrogen functional groups attached to an aromatic ring is 1. The highest BCUT2D eigenvalue weighted by molar-refractivity contribution is 5.95. The van der Waals surface area contributed by atoms with Gasteiger partial charge in [-0.1, -0.05) is 0 Å². The number of hydrogen-bond donors (Lipinski definition) is 2. The lowest BCUT2D eigenvalue weighted by Crippen LogP contribution is -2.25. The molecule has 1 heterocycles. The predicted octanol–water partition coefficient (Wildman–Crippen LogP) is 0.908. The Kier molecular flexibility index (Phi) is 1.62. The van der Waals surface area contributed by atoms with Crippen LogP contribution in [0.2, 0.25) is 0 Å². The third-order valence-corrected chi connectivity index (χ3v) is 2.00. The Labute approximate surface area is 75.7 Å². The van der Waals surface area contributed by atoms with E-state index in [-0.39, 0.29) is 12.5 Å². The molecule has 0 unspecified atom stereocenters. The average molecular weight is 178 g/mol. The van der Waals surface area contributed by atoms with Crippen LogP contribution in [0.5, 0.6) is 5.75 Å². The number of fused-ring (bicyclic) bond motifs is 1. The van der Waals surface area contributed by atoms with Crippen molar-refractivity contribution in [3.63, 3.8) is 0 Å². The second-order valence-corrected chi connectivity index (χ2v) is 3.04. The number of nitrogens with two attached hydrogens (primary N) is 1. The lowest BCUT2D eigenvalue weighted by molar-refractivity contribution is -0.118. The lowest BCUT2D eigenvalue weighted by atomic mass is 10.1. The Morgan fingerprint density at radius 2 is 2.31 bits per heavy atom. The topological polar surface area (TPSA) is 64.3 Å². The summed E-state index contributed by atoms with van der Waals surface area (Å²) in [5.41, 5.74) is 7.99. The minimum absolute atomic E-state index is 0.0650. The molecule has 0 atom stereocenters. The third-order valence-electron chi connectivity index (χ3n) is 2.00. The van der Waals surface area contributed by atoms with Crippen LogP contribution in [0.3, 0.4) is 0 Å². The van der Waals surface area contributed by atoms with Crippen molar-refractivity contribution in [3.8, 4) is 5.75 Å². The molecule has 2 rings (SSSR count). The maximum Gasteiger partial charge on any atom is 0.262 e. The molecule has 0 saturated carbocycles. The molecular weight excluding hydrogens is 168 g/mol. The molecule has 13 heavy (non-hydrogen) atoms. The lowest BCUT2D eigenvalue weighted by Gasteiger charge is -2.18. The highest BCUT2D eigenvalue weighted by Crippen LogP contribution is 2.31. The van der Waals surface area contributed by atoms with Crippen molar-refractivity contribution in [1.29, 1.82) is 0 Å².